The fourth-order valence-electron chi connectivity index (χ4n) is 3.51. The highest BCUT2D eigenvalue weighted by atomic mass is 35.5. The second-order valence-corrected chi connectivity index (χ2v) is 8.02. The maximum Gasteiger partial charge on any atom is 0.407 e. The average Bonchev–Trinajstić information content (AvgIpc) is 2.81. The first-order valence-corrected chi connectivity index (χ1v) is 10.8. The van der Waals surface area contributed by atoms with Gasteiger partial charge in [-0.2, -0.15) is 0 Å². The van der Waals surface area contributed by atoms with Gasteiger partial charge in [0, 0.05) is 43.8 Å². The predicted molar refractivity (Wildman–Crippen MR) is 122 cm³/mol. The third kappa shape index (κ3) is 6.28. The lowest BCUT2D eigenvalue weighted by atomic mass is 10.0. The second kappa shape index (κ2) is 11.2. The fraction of sp³-hybridized carbons (Fsp3) is 0.348. The molecule has 0 bridgehead atoms. The fourth-order valence-corrected chi connectivity index (χ4v) is 3.68. The Labute approximate surface area is 196 Å². The topological polar surface area (TPSA) is 90.4 Å². The van der Waals surface area contributed by atoms with E-state index in [1.807, 2.05) is 0 Å². The van der Waals surface area contributed by atoms with Crippen molar-refractivity contribution in [3.8, 4) is 0 Å². The van der Waals surface area contributed by atoms with Gasteiger partial charge in [-0.1, -0.05) is 23.7 Å². The molecule has 0 unspecified atom stereocenters. The molecule has 0 radical (unpaired) electrons. The third-order valence-corrected chi connectivity index (χ3v) is 5.68. The van der Waals surface area contributed by atoms with Crippen LogP contribution in [-0.2, 0) is 9.53 Å². The van der Waals surface area contributed by atoms with E-state index < -0.39 is 30.1 Å². The lowest BCUT2D eigenvalue weighted by molar-refractivity contribution is -0.119. The molecule has 2 aromatic carbocycles. The molecule has 33 heavy (non-hydrogen) atoms. The molecule has 0 spiro atoms. The van der Waals surface area contributed by atoms with Crippen LogP contribution in [-0.4, -0.2) is 85.7 Å². The van der Waals surface area contributed by atoms with Crippen LogP contribution in [0, 0.1) is 5.82 Å². The molecule has 0 atom stereocenters. The number of hydrogen-bond donors (Lipinski definition) is 1. The number of ether oxygens (including phenoxy) is 1. The van der Waals surface area contributed by atoms with E-state index in [1.165, 1.54) is 54.4 Å². The quantitative estimate of drug-likeness (QED) is 0.588. The largest absolute Gasteiger partial charge is 0.465 e. The zero-order valence-electron chi connectivity index (χ0n) is 18.2. The number of ketones is 1. The summed E-state index contributed by atoms with van der Waals surface area (Å²) in [6.45, 7) is 2.81. The molecule has 3 rings (SSSR count). The molecular formula is C23H25ClFN3O5. The van der Waals surface area contributed by atoms with Crippen LogP contribution in [0.1, 0.15) is 15.9 Å². The van der Waals surface area contributed by atoms with Crippen LogP contribution in [0.25, 0.3) is 0 Å². The maximum absolute atomic E-state index is 14.2. The van der Waals surface area contributed by atoms with Gasteiger partial charge in [-0.3, -0.25) is 19.4 Å². The number of anilines is 1. The van der Waals surface area contributed by atoms with Gasteiger partial charge in [-0.25, -0.2) is 9.18 Å². The molecule has 1 aliphatic rings. The molecule has 1 saturated heterocycles. The summed E-state index contributed by atoms with van der Waals surface area (Å²) in [7, 11) is 1.44. The van der Waals surface area contributed by atoms with Gasteiger partial charge in [0.15, 0.2) is 5.78 Å². The van der Waals surface area contributed by atoms with Gasteiger partial charge in [0.25, 0.3) is 0 Å². The molecule has 8 nitrogen and oxygen atoms in total. The Morgan fingerprint density at radius 1 is 1.12 bits per heavy atom. The van der Waals surface area contributed by atoms with Crippen molar-refractivity contribution in [2.75, 3.05) is 57.9 Å². The number of benzene rings is 2. The van der Waals surface area contributed by atoms with E-state index in [4.69, 9.17) is 16.3 Å². The zero-order chi connectivity index (χ0) is 24.0. The van der Waals surface area contributed by atoms with E-state index in [1.54, 1.807) is 0 Å². The highest BCUT2D eigenvalue weighted by molar-refractivity contribution is 6.31. The number of halogens is 2. The van der Waals surface area contributed by atoms with Crippen molar-refractivity contribution in [3.05, 3.63) is 64.4 Å². The first kappa shape index (κ1) is 24.6. The Morgan fingerprint density at radius 3 is 2.48 bits per heavy atom. The molecule has 10 heteroatoms. The molecule has 0 aliphatic carbocycles. The Kier molecular flexibility index (Phi) is 8.37. The summed E-state index contributed by atoms with van der Waals surface area (Å²) in [5.41, 5.74) is 0.0920. The normalized spacial score (nSPS) is 14.0. The minimum Gasteiger partial charge on any atom is -0.465 e. The minimum absolute atomic E-state index is 0.0404. The number of carbonyl (C=O) groups is 3. The van der Waals surface area contributed by atoms with E-state index in [9.17, 15) is 23.9 Å². The van der Waals surface area contributed by atoms with Crippen molar-refractivity contribution in [1.82, 2.24) is 9.80 Å². The van der Waals surface area contributed by atoms with Crippen molar-refractivity contribution in [3.63, 3.8) is 0 Å². The highest BCUT2D eigenvalue weighted by Gasteiger charge is 2.25. The summed E-state index contributed by atoms with van der Waals surface area (Å²) in [5.74, 6) is -1.86. The summed E-state index contributed by atoms with van der Waals surface area (Å²) < 4.78 is 19.5. The van der Waals surface area contributed by atoms with Gasteiger partial charge < -0.3 is 14.7 Å². The van der Waals surface area contributed by atoms with Gasteiger partial charge >= 0.3 is 6.09 Å². The van der Waals surface area contributed by atoms with Gasteiger partial charge in [0.1, 0.15) is 12.4 Å². The number of carboxylic acid groups (broad SMARTS) is 1. The van der Waals surface area contributed by atoms with Crippen LogP contribution >= 0.6 is 11.6 Å². The summed E-state index contributed by atoms with van der Waals surface area (Å²) >= 11 is 6.06. The molecule has 1 heterocycles. The first-order chi connectivity index (χ1) is 15.8. The Morgan fingerprint density at radius 2 is 1.82 bits per heavy atom. The highest BCUT2D eigenvalue weighted by Crippen LogP contribution is 2.27. The standard InChI is InChI=1S/C23H25ClFN3O5/c1-26(21(29)15-28(23(31)32)9-8-27-10-12-33-13-11-27)20-7-6-16(24)14-18(20)22(30)17-4-2-3-5-19(17)25/h2-7,14H,8-13,15H2,1H3,(H,31,32). The maximum atomic E-state index is 14.2. The predicted octanol–water partition coefficient (Wildman–Crippen LogP) is 2.99. The molecule has 0 aromatic heterocycles. The molecule has 1 aliphatic heterocycles. The molecule has 1 fully saturated rings. The van der Waals surface area contributed by atoms with E-state index in [2.05, 4.69) is 4.90 Å². The summed E-state index contributed by atoms with van der Waals surface area (Å²) in [5, 5.41) is 9.81. The Bertz CT molecular complexity index is 1030. The second-order valence-electron chi connectivity index (χ2n) is 7.58. The lowest BCUT2D eigenvalue weighted by Crippen LogP contribution is -2.46. The van der Waals surface area contributed by atoms with Crippen LogP contribution in [0.15, 0.2) is 42.5 Å². The number of likely N-dealkylation sites (N-methyl/N-ethyl adjacent to an activating group) is 1. The summed E-state index contributed by atoms with van der Waals surface area (Å²) in [6, 6.07) is 9.88. The van der Waals surface area contributed by atoms with Crippen LogP contribution in [0.5, 0.6) is 0 Å². The first-order valence-electron chi connectivity index (χ1n) is 10.4. The van der Waals surface area contributed by atoms with Crippen LogP contribution in [0.4, 0.5) is 14.9 Å². The van der Waals surface area contributed by atoms with Gasteiger partial charge in [-0.05, 0) is 30.3 Å². The molecule has 2 aromatic rings. The van der Waals surface area contributed by atoms with E-state index >= 15 is 0 Å². The van der Waals surface area contributed by atoms with Crippen molar-refractivity contribution in [2.24, 2.45) is 0 Å². The number of hydrogen-bond acceptors (Lipinski definition) is 5. The number of amides is 2. The number of carbonyl (C=O) groups excluding carboxylic acids is 2. The molecule has 176 valence electrons. The van der Waals surface area contributed by atoms with E-state index in [-0.39, 0.29) is 28.4 Å². The average molecular weight is 478 g/mol. The minimum atomic E-state index is -1.22. The van der Waals surface area contributed by atoms with Crippen molar-refractivity contribution >= 4 is 35.1 Å². The van der Waals surface area contributed by atoms with Crippen molar-refractivity contribution < 1.29 is 28.6 Å². The van der Waals surface area contributed by atoms with Gasteiger partial charge in [-0.15, -0.1) is 0 Å². The molecule has 1 N–H and O–H groups in total. The Hall–Kier alpha value is -3.01. The van der Waals surface area contributed by atoms with Crippen molar-refractivity contribution in [1.29, 1.82) is 0 Å². The van der Waals surface area contributed by atoms with Crippen LogP contribution < -0.4 is 4.90 Å². The van der Waals surface area contributed by atoms with Crippen LogP contribution in [0.2, 0.25) is 5.02 Å². The molecule has 2 amide bonds. The van der Waals surface area contributed by atoms with E-state index in [0.717, 1.165) is 4.90 Å². The van der Waals surface area contributed by atoms with Gasteiger partial charge in [0.05, 0.1) is 24.5 Å². The number of morpholine rings is 1. The molecule has 0 saturated carbocycles. The number of nitrogens with zero attached hydrogens (tertiary/aromatic N) is 3. The Balaban J connectivity index is 1.77. The SMILES string of the molecule is CN(C(=O)CN(CCN1CCOCC1)C(=O)O)c1ccc(Cl)cc1C(=O)c1ccccc1F. The smallest absolute Gasteiger partial charge is 0.407 e. The third-order valence-electron chi connectivity index (χ3n) is 5.44. The van der Waals surface area contributed by atoms with Gasteiger partial charge in [0.2, 0.25) is 5.91 Å². The summed E-state index contributed by atoms with van der Waals surface area (Å²) in [6.07, 6.45) is -1.22. The van der Waals surface area contributed by atoms with Crippen molar-refractivity contribution in [2.45, 2.75) is 0 Å². The van der Waals surface area contributed by atoms with Crippen LogP contribution in [0.3, 0.4) is 0 Å². The van der Waals surface area contributed by atoms with E-state index in [0.29, 0.717) is 32.8 Å². The summed E-state index contributed by atoms with van der Waals surface area (Å²) in [4.78, 5) is 42.0. The lowest BCUT2D eigenvalue weighted by Gasteiger charge is -2.29. The monoisotopic (exact) mass is 477 g/mol. The molecular weight excluding hydrogens is 453 g/mol. The number of rotatable bonds is 8. The zero-order valence-corrected chi connectivity index (χ0v) is 18.9.